The molecular formula is C50H38N2. The quantitative estimate of drug-likeness (QED) is 0.187. The van der Waals surface area contributed by atoms with E-state index in [1.807, 2.05) is 6.07 Å². The van der Waals surface area contributed by atoms with Gasteiger partial charge in [-0.2, -0.15) is 0 Å². The first kappa shape index (κ1) is 30.7. The molecule has 8 aromatic rings. The van der Waals surface area contributed by atoms with E-state index in [2.05, 4.69) is 179 Å². The van der Waals surface area contributed by atoms with Gasteiger partial charge < -0.3 is 0 Å². The first-order chi connectivity index (χ1) is 25.3. The van der Waals surface area contributed by atoms with Crippen LogP contribution in [0.25, 0.3) is 78.1 Å². The van der Waals surface area contributed by atoms with Crippen LogP contribution >= 0.6 is 0 Å². The summed E-state index contributed by atoms with van der Waals surface area (Å²) in [5.74, 6) is 0.727. The van der Waals surface area contributed by atoms with Gasteiger partial charge in [-0.25, -0.2) is 9.97 Å². The molecule has 0 saturated heterocycles. The van der Waals surface area contributed by atoms with Gasteiger partial charge >= 0.3 is 0 Å². The Labute approximate surface area is 305 Å². The van der Waals surface area contributed by atoms with Gasteiger partial charge in [-0.3, -0.25) is 0 Å². The number of hydrogen-bond acceptors (Lipinski definition) is 2. The van der Waals surface area contributed by atoms with E-state index in [4.69, 9.17) is 9.97 Å². The van der Waals surface area contributed by atoms with E-state index >= 15 is 0 Å². The van der Waals surface area contributed by atoms with E-state index in [-0.39, 0.29) is 10.8 Å². The van der Waals surface area contributed by atoms with Gasteiger partial charge in [-0.15, -0.1) is 0 Å². The molecule has 0 bridgehead atoms. The number of fused-ring (bicyclic) bond motifs is 7. The van der Waals surface area contributed by atoms with Crippen molar-refractivity contribution in [3.63, 3.8) is 0 Å². The third-order valence-corrected chi connectivity index (χ3v) is 11.7. The highest BCUT2D eigenvalue weighted by molar-refractivity contribution is 6.08. The van der Waals surface area contributed by atoms with Crippen LogP contribution in [0.1, 0.15) is 49.9 Å². The minimum absolute atomic E-state index is 0.0972. The summed E-state index contributed by atoms with van der Waals surface area (Å²) in [6, 6.07) is 57.3. The Kier molecular flexibility index (Phi) is 6.60. The predicted octanol–water partition coefficient (Wildman–Crippen LogP) is 12.9. The second-order valence-electron chi connectivity index (χ2n) is 15.3. The van der Waals surface area contributed by atoms with E-state index in [1.165, 1.54) is 61.2 Å². The zero-order valence-electron chi connectivity index (χ0n) is 29.9. The lowest BCUT2D eigenvalue weighted by Crippen LogP contribution is -2.14. The van der Waals surface area contributed by atoms with Crippen molar-refractivity contribution in [1.82, 2.24) is 9.97 Å². The minimum Gasteiger partial charge on any atom is -0.227 e. The number of nitrogens with zero attached hydrogens (tertiary/aromatic N) is 2. The molecule has 2 aliphatic rings. The average molecular weight is 667 g/mol. The predicted molar refractivity (Wildman–Crippen MR) is 216 cm³/mol. The van der Waals surface area contributed by atoms with Crippen molar-refractivity contribution in [3.8, 4) is 67.2 Å². The van der Waals surface area contributed by atoms with Crippen LogP contribution < -0.4 is 0 Å². The summed E-state index contributed by atoms with van der Waals surface area (Å²) in [4.78, 5) is 10.8. The SMILES string of the molecule is CC1(C)c2ccccc2-c2c(-c3cc(-c4cccc5c4-c4ccccc4C5(C)C)c4nc(-c5ccccc5)nc(-c5ccccc5)c4c3)cccc21. The third-order valence-electron chi connectivity index (χ3n) is 11.7. The van der Waals surface area contributed by atoms with Crippen LogP contribution in [0, 0.1) is 0 Å². The van der Waals surface area contributed by atoms with Gasteiger partial charge in [0.05, 0.1) is 11.2 Å². The summed E-state index contributed by atoms with van der Waals surface area (Å²) in [6.45, 7) is 9.41. The molecule has 0 atom stereocenters. The fraction of sp³-hybridized carbons (Fsp3) is 0.120. The van der Waals surface area contributed by atoms with E-state index in [1.54, 1.807) is 0 Å². The smallest absolute Gasteiger partial charge is 0.160 e. The van der Waals surface area contributed by atoms with Crippen LogP contribution in [0.3, 0.4) is 0 Å². The molecule has 0 unspecified atom stereocenters. The first-order valence-corrected chi connectivity index (χ1v) is 18.3. The summed E-state index contributed by atoms with van der Waals surface area (Å²) in [6.07, 6.45) is 0. The van der Waals surface area contributed by atoms with Crippen molar-refractivity contribution in [2.75, 3.05) is 0 Å². The Morgan fingerprint density at radius 3 is 1.46 bits per heavy atom. The number of aromatic nitrogens is 2. The molecular weight excluding hydrogens is 629 g/mol. The van der Waals surface area contributed by atoms with Crippen molar-refractivity contribution in [2.45, 2.75) is 38.5 Å². The largest absolute Gasteiger partial charge is 0.227 e. The highest BCUT2D eigenvalue weighted by Crippen LogP contribution is 2.55. The summed E-state index contributed by atoms with van der Waals surface area (Å²) in [7, 11) is 0. The van der Waals surface area contributed by atoms with Crippen LogP contribution in [0.5, 0.6) is 0 Å². The lowest BCUT2D eigenvalue weighted by atomic mass is 9.81. The Morgan fingerprint density at radius 1 is 0.365 bits per heavy atom. The minimum atomic E-state index is -0.121. The third kappa shape index (κ3) is 4.37. The van der Waals surface area contributed by atoms with Gasteiger partial charge in [0.15, 0.2) is 5.82 Å². The molecule has 0 saturated carbocycles. The van der Waals surface area contributed by atoms with Crippen molar-refractivity contribution >= 4 is 10.9 Å². The van der Waals surface area contributed by atoms with E-state index in [0.29, 0.717) is 0 Å². The molecule has 2 aliphatic carbocycles. The van der Waals surface area contributed by atoms with Crippen LogP contribution in [0.4, 0.5) is 0 Å². The lowest BCUT2D eigenvalue weighted by Gasteiger charge is -2.22. The normalized spacial score (nSPS) is 14.5. The van der Waals surface area contributed by atoms with Crippen molar-refractivity contribution in [3.05, 3.63) is 180 Å². The molecule has 2 nitrogen and oxygen atoms in total. The Hall–Kier alpha value is -6.12. The summed E-state index contributed by atoms with van der Waals surface area (Å²) < 4.78 is 0. The number of benzene rings is 7. The molecule has 0 N–H and O–H groups in total. The highest BCUT2D eigenvalue weighted by atomic mass is 14.9. The molecule has 248 valence electrons. The van der Waals surface area contributed by atoms with Gasteiger partial charge in [-0.1, -0.05) is 173 Å². The van der Waals surface area contributed by atoms with Gasteiger partial charge in [0.1, 0.15) is 0 Å². The number of rotatable bonds is 4. The van der Waals surface area contributed by atoms with Gasteiger partial charge in [-0.05, 0) is 73.3 Å². The maximum absolute atomic E-state index is 5.48. The van der Waals surface area contributed by atoms with Crippen LogP contribution in [0.2, 0.25) is 0 Å². The lowest BCUT2D eigenvalue weighted by molar-refractivity contribution is 0.660. The van der Waals surface area contributed by atoms with E-state index in [9.17, 15) is 0 Å². The average Bonchev–Trinajstić information content (AvgIpc) is 3.57. The fourth-order valence-corrected chi connectivity index (χ4v) is 9.10. The van der Waals surface area contributed by atoms with E-state index in [0.717, 1.165) is 39.1 Å². The second-order valence-corrected chi connectivity index (χ2v) is 15.3. The van der Waals surface area contributed by atoms with Gasteiger partial charge in [0, 0.05) is 32.9 Å². The van der Waals surface area contributed by atoms with Crippen LogP contribution in [-0.2, 0) is 10.8 Å². The Balaban J connectivity index is 1.36. The summed E-state index contributed by atoms with van der Waals surface area (Å²) >= 11 is 0. The summed E-state index contributed by atoms with van der Waals surface area (Å²) in [5, 5.41) is 1.05. The van der Waals surface area contributed by atoms with Crippen molar-refractivity contribution in [2.24, 2.45) is 0 Å². The van der Waals surface area contributed by atoms with Gasteiger partial charge in [0.2, 0.25) is 0 Å². The fourth-order valence-electron chi connectivity index (χ4n) is 9.10. The molecule has 7 aromatic carbocycles. The molecule has 1 aromatic heterocycles. The summed E-state index contributed by atoms with van der Waals surface area (Å²) in [5.41, 5.74) is 19.2. The Bertz CT molecular complexity index is 2720. The Morgan fingerprint density at radius 2 is 0.846 bits per heavy atom. The van der Waals surface area contributed by atoms with Gasteiger partial charge in [0.25, 0.3) is 0 Å². The highest BCUT2D eigenvalue weighted by Gasteiger charge is 2.38. The van der Waals surface area contributed by atoms with Crippen LogP contribution in [0.15, 0.2) is 158 Å². The zero-order valence-corrected chi connectivity index (χ0v) is 29.9. The molecule has 0 fully saturated rings. The molecule has 2 heteroatoms. The monoisotopic (exact) mass is 666 g/mol. The topological polar surface area (TPSA) is 25.8 Å². The molecule has 10 rings (SSSR count). The van der Waals surface area contributed by atoms with Crippen LogP contribution in [-0.4, -0.2) is 9.97 Å². The maximum Gasteiger partial charge on any atom is 0.160 e. The second kappa shape index (κ2) is 11.2. The zero-order chi connectivity index (χ0) is 35.2. The maximum atomic E-state index is 5.48. The molecule has 0 amide bonds. The van der Waals surface area contributed by atoms with Crippen molar-refractivity contribution < 1.29 is 0 Å². The molecule has 52 heavy (non-hydrogen) atoms. The molecule has 0 radical (unpaired) electrons. The first-order valence-electron chi connectivity index (χ1n) is 18.3. The van der Waals surface area contributed by atoms with E-state index < -0.39 is 0 Å². The molecule has 1 heterocycles. The standard InChI is InChI=1S/C50H38N2/c1-49(2)40-25-13-11-21-36(40)44-34(23-15-27-42(44)49)33-29-38(35-24-16-28-43-45(35)37-22-12-14-26-41(37)50(43,3)4)47-39(30-33)46(31-17-7-5-8-18-31)51-48(52-47)32-19-9-6-10-20-32/h5-30H,1-4H3. The molecule has 0 aliphatic heterocycles. The number of hydrogen-bond donors (Lipinski definition) is 0. The molecule has 0 spiro atoms. The van der Waals surface area contributed by atoms with Crippen molar-refractivity contribution in [1.29, 1.82) is 0 Å².